The fraction of sp³-hybridized carbons (Fsp3) is 0.500. The van der Waals surface area contributed by atoms with Crippen LogP contribution in [0.3, 0.4) is 0 Å². The maximum atomic E-state index is 11.8. The molecular weight excluding hydrogens is 216 g/mol. The summed E-state index contributed by atoms with van der Waals surface area (Å²) in [6.45, 7) is 3.02. The fourth-order valence-corrected chi connectivity index (χ4v) is 1.98. The van der Waals surface area contributed by atoms with E-state index in [-0.39, 0.29) is 5.56 Å². The lowest BCUT2D eigenvalue weighted by Crippen LogP contribution is -2.25. The van der Waals surface area contributed by atoms with E-state index in [0.717, 1.165) is 18.8 Å². The Kier molecular flexibility index (Phi) is 3.93. The Morgan fingerprint density at radius 2 is 2.12 bits per heavy atom. The molecule has 0 spiro atoms. The Hall–Kier alpha value is -1.62. The zero-order valence-corrected chi connectivity index (χ0v) is 9.88. The fourth-order valence-electron chi connectivity index (χ4n) is 1.98. The predicted molar refractivity (Wildman–Crippen MR) is 68.1 cm³/mol. The van der Waals surface area contributed by atoms with Crippen molar-refractivity contribution in [2.45, 2.75) is 19.4 Å². The van der Waals surface area contributed by atoms with Crippen LogP contribution in [0.5, 0.6) is 0 Å². The normalized spacial score (nSPS) is 15.9. The molecule has 2 N–H and O–H groups in total. The highest BCUT2D eigenvalue weighted by Gasteiger charge is 2.13. The van der Waals surface area contributed by atoms with E-state index in [0.29, 0.717) is 13.1 Å². The summed E-state index contributed by atoms with van der Waals surface area (Å²) in [5.74, 6) is 0. The number of anilines is 1. The van der Waals surface area contributed by atoms with Crippen LogP contribution in [0.2, 0.25) is 0 Å². The highest BCUT2D eigenvalue weighted by atomic mass is 16.1. The van der Waals surface area contributed by atoms with Gasteiger partial charge in [-0.2, -0.15) is 5.10 Å². The highest BCUT2D eigenvalue weighted by Crippen LogP contribution is 2.16. The van der Waals surface area contributed by atoms with Crippen molar-refractivity contribution in [1.29, 1.82) is 0 Å². The van der Waals surface area contributed by atoms with Crippen molar-refractivity contribution in [1.82, 2.24) is 9.78 Å². The molecule has 1 aliphatic rings. The van der Waals surface area contributed by atoms with Gasteiger partial charge >= 0.3 is 0 Å². The molecule has 2 heterocycles. The summed E-state index contributed by atoms with van der Waals surface area (Å²) in [6, 6.07) is 1.66. The lowest BCUT2D eigenvalue weighted by molar-refractivity contribution is 0.648. The SMILES string of the molecule is NC/C=C/Cn1ncc(N2CCCC2)cc1=O. The molecule has 0 amide bonds. The smallest absolute Gasteiger partial charge is 0.269 e. The van der Waals surface area contributed by atoms with E-state index in [2.05, 4.69) is 10.00 Å². The van der Waals surface area contributed by atoms with Crippen LogP contribution in [0, 0.1) is 0 Å². The van der Waals surface area contributed by atoms with Gasteiger partial charge in [-0.25, -0.2) is 4.68 Å². The average Bonchev–Trinajstić information content (AvgIpc) is 2.85. The third-order valence-corrected chi connectivity index (χ3v) is 2.91. The first kappa shape index (κ1) is 11.9. The van der Waals surface area contributed by atoms with E-state index in [1.807, 2.05) is 12.2 Å². The van der Waals surface area contributed by atoms with E-state index in [1.165, 1.54) is 17.5 Å². The topological polar surface area (TPSA) is 64.2 Å². The second kappa shape index (κ2) is 5.63. The van der Waals surface area contributed by atoms with Gasteiger partial charge in [-0.3, -0.25) is 4.79 Å². The summed E-state index contributed by atoms with van der Waals surface area (Å²) >= 11 is 0. The number of nitrogens with two attached hydrogens (primary N) is 1. The molecule has 2 rings (SSSR count). The van der Waals surface area contributed by atoms with Gasteiger partial charge in [0, 0.05) is 25.7 Å². The van der Waals surface area contributed by atoms with Crippen LogP contribution in [0.4, 0.5) is 5.69 Å². The zero-order chi connectivity index (χ0) is 12.1. The first-order chi connectivity index (χ1) is 8.31. The standard InChI is InChI=1S/C12H18N4O/c13-5-1-2-8-16-12(17)9-11(10-14-16)15-6-3-4-7-15/h1-2,9-10H,3-8,13H2/b2-1+. The summed E-state index contributed by atoms with van der Waals surface area (Å²) in [5, 5.41) is 4.17. The van der Waals surface area contributed by atoms with Crippen molar-refractivity contribution in [3.63, 3.8) is 0 Å². The van der Waals surface area contributed by atoms with E-state index < -0.39 is 0 Å². The number of hydrogen-bond donors (Lipinski definition) is 1. The van der Waals surface area contributed by atoms with E-state index in [4.69, 9.17) is 5.73 Å². The monoisotopic (exact) mass is 234 g/mol. The Balaban J connectivity index is 2.11. The quantitative estimate of drug-likeness (QED) is 0.764. The van der Waals surface area contributed by atoms with E-state index >= 15 is 0 Å². The molecule has 5 heteroatoms. The maximum Gasteiger partial charge on any atom is 0.269 e. The molecule has 5 nitrogen and oxygen atoms in total. The number of hydrogen-bond acceptors (Lipinski definition) is 4. The first-order valence-corrected chi connectivity index (χ1v) is 5.98. The van der Waals surface area contributed by atoms with Crippen LogP contribution in [-0.2, 0) is 6.54 Å². The van der Waals surface area contributed by atoms with Gasteiger partial charge in [0.05, 0.1) is 18.4 Å². The Morgan fingerprint density at radius 3 is 2.76 bits per heavy atom. The minimum absolute atomic E-state index is 0.0592. The third kappa shape index (κ3) is 2.94. The predicted octanol–water partition coefficient (Wildman–Crippen LogP) is 0.358. The van der Waals surface area contributed by atoms with Crippen LogP contribution in [0.15, 0.2) is 29.2 Å². The summed E-state index contributed by atoms with van der Waals surface area (Å²) < 4.78 is 1.44. The highest BCUT2D eigenvalue weighted by molar-refractivity contribution is 5.43. The van der Waals surface area contributed by atoms with Crippen LogP contribution in [-0.4, -0.2) is 29.4 Å². The van der Waals surface area contributed by atoms with Gasteiger partial charge in [-0.1, -0.05) is 12.2 Å². The Morgan fingerprint density at radius 1 is 1.35 bits per heavy atom. The lowest BCUT2D eigenvalue weighted by atomic mass is 10.4. The molecule has 0 saturated carbocycles. The molecule has 0 bridgehead atoms. The van der Waals surface area contributed by atoms with E-state index in [1.54, 1.807) is 12.3 Å². The van der Waals surface area contributed by atoms with E-state index in [9.17, 15) is 4.79 Å². The number of allylic oxidation sites excluding steroid dienone is 1. The van der Waals surface area contributed by atoms with Crippen molar-refractivity contribution in [3.8, 4) is 0 Å². The summed E-state index contributed by atoms with van der Waals surface area (Å²) in [4.78, 5) is 14.0. The van der Waals surface area contributed by atoms with Crippen molar-refractivity contribution >= 4 is 5.69 Å². The number of rotatable bonds is 4. The molecule has 1 fully saturated rings. The van der Waals surface area contributed by atoms with Gasteiger partial charge in [-0.15, -0.1) is 0 Å². The molecule has 17 heavy (non-hydrogen) atoms. The van der Waals surface area contributed by atoms with Gasteiger partial charge in [-0.05, 0) is 12.8 Å². The summed E-state index contributed by atoms with van der Waals surface area (Å²) in [6.07, 6.45) is 7.83. The molecule has 1 aromatic rings. The molecule has 0 radical (unpaired) electrons. The van der Waals surface area contributed by atoms with Gasteiger partial charge in [0.2, 0.25) is 0 Å². The van der Waals surface area contributed by atoms with Crippen LogP contribution in [0.1, 0.15) is 12.8 Å². The second-order valence-corrected chi connectivity index (χ2v) is 4.14. The molecule has 1 aromatic heterocycles. The van der Waals surface area contributed by atoms with Gasteiger partial charge in [0.15, 0.2) is 0 Å². The van der Waals surface area contributed by atoms with Crippen molar-refractivity contribution in [2.75, 3.05) is 24.5 Å². The largest absolute Gasteiger partial charge is 0.370 e. The first-order valence-electron chi connectivity index (χ1n) is 5.98. The molecule has 1 aliphatic heterocycles. The molecule has 1 saturated heterocycles. The number of nitrogens with zero attached hydrogens (tertiary/aromatic N) is 3. The minimum Gasteiger partial charge on any atom is -0.370 e. The minimum atomic E-state index is -0.0592. The zero-order valence-electron chi connectivity index (χ0n) is 9.88. The Bertz CT molecular complexity index is 446. The molecule has 0 aromatic carbocycles. The van der Waals surface area contributed by atoms with Crippen molar-refractivity contribution < 1.29 is 0 Å². The maximum absolute atomic E-state index is 11.8. The lowest BCUT2D eigenvalue weighted by Gasteiger charge is -2.16. The third-order valence-electron chi connectivity index (χ3n) is 2.91. The molecule has 92 valence electrons. The number of aromatic nitrogens is 2. The summed E-state index contributed by atoms with van der Waals surface area (Å²) in [5.41, 5.74) is 6.21. The van der Waals surface area contributed by atoms with Gasteiger partial charge in [0.1, 0.15) is 0 Å². The summed E-state index contributed by atoms with van der Waals surface area (Å²) in [7, 11) is 0. The molecule has 0 unspecified atom stereocenters. The Labute approximate surface area is 101 Å². The average molecular weight is 234 g/mol. The molecule has 0 atom stereocenters. The van der Waals surface area contributed by atoms with Crippen LogP contribution < -0.4 is 16.2 Å². The molecular formula is C12H18N4O. The van der Waals surface area contributed by atoms with Crippen molar-refractivity contribution in [2.24, 2.45) is 5.73 Å². The van der Waals surface area contributed by atoms with Gasteiger partial charge < -0.3 is 10.6 Å². The van der Waals surface area contributed by atoms with Crippen molar-refractivity contribution in [3.05, 3.63) is 34.8 Å². The second-order valence-electron chi connectivity index (χ2n) is 4.14. The molecule has 0 aliphatic carbocycles. The van der Waals surface area contributed by atoms with Crippen LogP contribution >= 0.6 is 0 Å². The van der Waals surface area contributed by atoms with Crippen LogP contribution in [0.25, 0.3) is 0 Å². The van der Waals surface area contributed by atoms with Gasteiger partial charge in [0.25, 0.3) is 5.56 Å².